The number of nitrogens with zero attached hydrogens (tertiary/aromatic N) is 3. The highest BCUT2D eigenvalue weighted by atomic mass is 79.9. The highest BCUT2D eigenvalue weighted by Gasteiger charge is 2.24. The fraction of sp³-hybridized carbons (Fsp3) is 0.615. The van der Waals surface area contributed by atoms with Gasteiger partial charge in [-0.05, 0) is 40.8 Å². The zero-order valence-corrected chi connectivity index (χ0v) is 14.2. The van der Waals surface area contributed by atoms with Gasteiger partial charge < -0.3 is 4.90 Å². The van der Waals surface area contributed by atoms with Gasteiger partial charge in [-0.3, -0.25) is 4.98 Å². The monoisotopic (exact) mass is 361 g/mol. The van der Waals surface area contributed by atoms with Crippen LogP contribution >= 0.6 is 15.9 Å². The summed E-state index contributed by atoms with van der Waals surface area (Å²) < 4.78 is 25.4. The lowest BCUT2D eigenvalue weighted by molar-refractivity contribution is 0.337. The highest BCUT2D eigenvalue weighted by Crippen LogP contribution is 2.25. The summed E-state index contributed by atoms with van der Waals surface area (Å²) in [4.78, 5) is 6.47. The molecule has 2 rings (SSSR count). The number of rotatable bonds is 4. The zero-order chi connectivity index (χ0) is 14.8. The van der Waals surface area contributed by atoms with Crippen molar-refractivity contribution in [3.05, 3.63) is 22.9 Å². The number of pyridine rings is 1. The van der Waals surface area contributed by atoms with Gasteiger partial charge in [0, 0.05) is 37.4 Å². The molecule has 0 aromatic carbocycles. The van der Waals surface area contributed by atoms with E-state index in [1.54, 1.807) is 13.2 Å². The Bertz CT molecular complexity index is 564. The molecule has 1 atom stereocenters. The average Bonchev–Trinajstić information content (AvgIpc) is 2.38. The fourth-order valence-electron chi connectivity index (χ4n) is 2.52. The molecule has 0 aliphatic carbocycles. The lowest BCUT2D eigenvalue weighted by Crippen LogP contribution is -2.41. The molecule has 0 spiro atoms. The Labute approximate surface area is 129 Å². The van der Waals surface area contributed by atoms with Crippen molar-refractivity contribution < 1.29 is 8.42 Å². The molecule has 7 heteroatoms. The standard InChI is InChI=1S/C13H20BrN3O2S/c1-16(20(2,18)19)9-11-4-3-5-17(10-11)13-6-12(14)7-15-8-13/h6-8,11H,3-5,9-10H2,1-2H3. The van der Waals surface area contributed by atoms with Crippen molar-refractivity contribution in [1.82, 2.24) is 9.29 Å². The Morgan fingerprint density at radius 3 is 2.90 bits per heavy atom. The van der Waals surface area contributed by atoms with E-state index in [-0.39, 0.29) is 0 Å². The van der Waals surface area contributed by atoms with Crippen LogP contribution in [0.1, 0.15) is 12.8 Å². The number of piperidine rings is 1. The predicted octanol–water partition coefficient (Wildman–Crippen LogP) is 1.95. The summed E-state index contributed by atoms with van der Waals surface area (Å²) in [6.45, 7) is 2.45. The van der Waals surface area contributed by atoms with Gasteiger partial charge in [-0.15, -0.1) is 0 Å². The van der Waals surface area contributed by atoms with Gasteiger partial charge in [0.2, 0.25) is 10.0 Å². The molecule has 1 fully saturated rings. The van der Waals surface area contributed by atoms with Crippen molar-refractivity contribution in [2.45, 2.75) is 12.8 Å². The van der Waals surface area contributed by atoms with Gasteiger partial charge in [0.25, 0.3) is 0 Å². The summed E-state index contributed by atoms with van der Waals surface area (Å²) in [5.74, 6) is 0.363. The second-order valence-corrected chi connectivity index (χ2v) is 8.36. The van der Waals surface area contributed by atoms with Gasteiger partial charge in [0.1, 0.15) is 0 Å². The first-order valence-electron chi connectivity index (χ1n) is 6.63. The molecule has 0 saturated carbocycles. The molecule has 1 aliphatic heterocycles. The van der Waals surface area contributed by atoms with Gasteiger partial charge in [-0.2, -0.15) is 0 Å². The van der Waals surface area contributed by atoms with E-state index in [9.17, 15) is 8.42 Å². The lowest BCUT2D eigenvalue weighted by Gasteiger charge is -2.35. The maximum atomic E-state index is 11.5. The first kappa shape index (κ1) is 15.7. The minimum absolute atomic E-state index is 0.363. The Balaban J connectivity index is 2.02. The molecule has 0 bridgehead atoms. The SMILES string of the molecule is CN(CC1CCCN(c2cncc(Br)c2)C1)S(C)(=O)=O. The van der Waals surface area contributed by atoms with Crippen LogP contribution in [0.2, 0.25) is 0 Å². The molecule has 112 valence electrons. The van der Waals surface area contributed by atoms with Crippen molar-refractivity contribution in [3.8, 4) is 0 Å². The van der Waals surface area contributed by atoms with E-state index in [4.69, 9.17) is 0 Å². The normalized spacial score (nSPS) is 20.4. The van der Waals surface area contributed by atoms with Gasteiger partial charge in [0.05, 0.1) is 18.1 Å². The summed E-state index contributed by atoms with van der Waals surface area (Å²) >= 11 is 3.43. The number of hydrogen-bond acceptors (Lipinski definition) is 4. The van der Waals surface area contributed by atoms with Crippen LogP contribution in [-0.2, 0) is 10.0 Å². The van der Waals surface area contributed by atoms with Crippen molar-refractivity contribution in [1.29, 1.82) is 0 Å². The molecule has 1 aromatic heterocycles. The summed E-state index contributed by atoms with van der Waals surface area (Å²) in [6.07, 6.45) is 7.02. The number of anilines is 1. The first-order valence-corrected chi connectivity index (χ1v) is 9.27. The van der Waals surface area contributed by atoms with Crippen LogP contribution in [0.25, 0.3) is 0 Å². The van der Waals surface area contributed by atoms with Gasteiger partial charge in [0.15, 0.2) is 0 Å². The van der Waals surface area contributed by atoms with Crippen LogP contribution in [-0.4, -0.2) is 50.6 Å². The lowest BCUT2D eigenvalue weighted by atomic mass is 9.98. The molecule has 0 N–H and O–H groups in total. The van der Waals surface area contributed by atoms with E-state index in [0.717, 1.165) is 36.1 Å². The van der Waals surface area contributed by atoms with Crippen molar-refractivity contribution >= 4 is 31.6 Å². The van der Waals surface area contributed by atoms with Gasteiger partial charge in [-0.1, -0.05) is 0 Å². The van der Waals surface area contributed by atoms with E-state index in [1.807, 2.05) is 6.20 Å². The van der Waals surface area contributed by atoms with E-state index in [0.29, 0.717) is 12.5 Å². The van der Waals surface area contributed by atoms with Crippen molar-refractivity contribution in [2.24, 2.45) is 5.92 Å². The minimum Gasteiger partial charge on any atom is -0.370 e. The third-order valence-electron chi connectivity index (χ3n) is 3.66. The average molecular weight is 362 g/mol. The third-order valence-corrected chi connectivity index (χ3v) is 5.37. The maximum Gasteiger partial charge on any atom is 0.210 e. The first-order chi connectivity index (χ1) is 9.36. The van der Waals surface area contributed by atoms with Crippen molar-refractivity contribution in [2.75, 3.05) is 37.8 Å². The smallest absolute Gasteiger partial charge is 0.210 e. The van der Waals surface area contributed by atoms with Crippen LogP contribution in [0.15, 0.2) is 22.9 Å². The fourth-order valence-corrected chi connectivity index (χ4v) is 3.36. The number of aromatic nitrogens is 1. The van der Waals surface area contributed by atoms with Crippen LogP contribution in [0.5, 0.6) is 0 Å². The molecule has 1 unspecified atom stereocenters. The summed E-state index contributed by atoms with van der Waals surface area (Å²) in [6, 6.07) is 2.05. The van der Waals surface area contributed by atoms with E-state index < -0.39 is 10.0 Å². The molecule has 5 nitrogen and oxygen atoms in total. The number of hydrogen-bond donors (Lipinski definition) is 0. The number of halogens is 1. The molecular weight excluding hydrogens is 342 g/mol. The molecule has 1 saturated heterocycles. The largest absolute Gasteiger partial charge is 0.370 e. The third kappa shape index (κ3) is 4.17. The van der Waals surface area contributed by atoms with E-state index in [2.05, 4.69) is 31.9 Å². The Kier molecular flexibility index (Phi) is 5.04. The van der Waals surface area contributed by atoms with Crippen LogP contribution in [0.3, 0.4) is 0 Å². The molecule has 20 heavy (non-hydrogen) atoms. The Morgan fingerprint density at radius 2 is 2.25 bits per heavy atom. The summed E-state index contributed by atoms with van der Waals surface area (Å²) in [5.41, 5.74) is 1.09. The van der Waals surface area contributed by atoms with Crippen LogP contribution in [0.4, 0.5) is 5.69 Å². The van der Waals surface area contributed by atoms with E-state index in [1.165, 1.54) is 10.6 Å². The van der Waals surface area contributed by atoms with E-state index >= 15 is 0 Å². The second-order valence-electron chi connectivity index (χ2n) is 5.36. The maximum absolute atomic E-state index is 11.5. The molecule has 0 amide bonds. The summed E-state index contributed by atoms with van der Waals surface area (Å²) in [5, 5.41) is 0. The zero-order valence-electron chi connectivity index (χ0n) is 11.8. The van der Waals surface area contributed by atoms with Crippen molar-refractivity contribution in [3.63, 3.8) is 0 Å². The minimum atomic E-state index is -3.10. The molecular formula is C13H20BrN3O2S. The summed E-state index contributed by atoms with van der Waals surface area (Å²) in [7, 11) is -1.45. The Morgan fingerprint density at radius 1 is 1.50 bits per heavy atom. The highest BCUT2D eigenvalue weighted by molar-refractivity contribution is 9.10. The van der Waals surface area contributed by atoms with Gasteiger partial charge in [-0.25, -0.2) is 12.7 Å². The topological polar surface area (TPSA) is 53.5 Å². The number of sulfonamides is 1. The van der Waals surface area contributed by atoms with Crippen LogP contribution < -0.4 is 4.90 Å². The molecule has 1 aliphatic rings. The molecule has 1 aromatic rings. The second kappa shape index (κ2) is 6.41. The van der Waals surface area contributed by atoms with Gasteiger partial charge >= 0.3 is 0 Å². The molecule has 0 radical (unpaired) electrons. The predicted molar refractivity (Wildman–Crippen MR) is 84.3 cm³/mol. The molecule has 2 heterocycles. The Hall–Kier alpha value is -0.660. The quantitative estimate of drug-likeness (QED) is 0.822. The van der Waals surface area contributed by atoms with Crippen LogP contribution in [0, 0.1) is 5.92 Å².